The minimum Gasteiger partial charge on any atom is -0.469 e. The van der Waals surface area contributed by atoms with E-state index in [-0.39, 0.29) is 11.7 Å². The van der Waals surface area contributed by atoms with Gasteiger partial charge in [-0.1, -0.05) is 23.9 Å². The van der Waals surface area contributed by atoms with Crippen LogP contribution in [-0.2, 0) is 4.79 Å². The summed E-state index contributed by atoms with van der Waals surface area (Å²) in [6.07, 6.45) is 1.57. The standard InChI is InChI=1S/C22H21N5O3S/c1-14-4-3-5-18(12-14)30-17-8-6-16(7-9-17)24-20(28)13-31-22-26-25-21(27(22)23)19-10-11-29-15(19)2/h3-12H,13,23H2,1-2H3,(H,24,28). The van der Waals surface area contributed by atoms with Crippen LogP contribution in [0.25, 0.3) is 11.4 Å². The molecule has 0 aliphatic carbocycles. The fourth-order valence-electron chi connectivity index (χ4n) is 2.92. The van der Waals surface area contributed by atoms with E-state index in [0.29, 0.717) is 28.2 Å². The van der Waals surface area contributed by atoms with E-state index in [1.807, 2.05) is 38.1 Å². The summed E-state index contributed by atoms with van der Waals surface area (Å²) >= 11 is 1.20. The van der Waals surface area contributed by atoms with Crippen LogP contribution in [0, 0.1) is 13.8 Å². The van der Waals surface area contributed by atoms with Gasteiger partial charge in [-0.05, 0) is 61.9 Å². The molecule has 0 fully saturated rings. The molecule has 0 bridgehead atoms. The number of hydrogen-bond donors (Lipinski definition) is 2. The molecule has 2 aromatic heterocycles. The second-order valence-electron chi connectivity index (χ2n) is 6.85. The lowest BCUT2D eigenvalue weighted by molar-refractivity contribution is -0.113. The predicted octanol–water partition coefficient (Wildman–Crippen LogP) is 4.39. The second kappa shape index (κ2) is 8.97. The molecule has 9 heteroatoms. The number of nitrogens with one attached hydrogen (secondary N) is 1. The van der Waals surface area contributed by atoms with E-state index in [9.17, 15) is 4.79 Å². The van der Waals surface area contributed by atoms with Crippen LogP contribution in [0.2, 0.25) is 0 Å². The molecule has 0 radical (unpaired) electrons. The van der Waals surface area contributed by atoms with Crippen LogP contribution in [-0.4, -0.2) is 26.5 Å². The van der Waals surface area contributed by atoms with Gasteiger partial charge >= 0.3 is 0 Å². The summed E-state index contributed by atoms with van der Waals surface area (Å²) < 4.78 is 12.5. The molecule has 0 saturated heterocycles. The maximum atomic E-state index is 12.3. The van der Waals surface area contributed by atoms with Crippen molar-refractivity contribution in [2.45, 2.75) is 19.0 Å². The van der Waals surface area contributed by atoms with Gasteiger partial charge in [0.2, 0.25) is 11.1 Å². The van der Waals surface area contributed by atoms with Crippen molar-refractivity contribution in [3.8, 4) is 22.9 Å². The Morgan fingerprint density at radius 1 is 1.13 bits per heavy atom. The van der Waals surface area contributed by atoms with Gasteiger partial charge in [0.05, 0.1) is 17.6 Å². The minimum absolute atomic E-state index is 0.140. The molecule has 158 valence electrons. The zero-order valence-corrected chi connectivity index (χ0v) is 17.8. The summed E-state index contributed by atoms with van der Waals surface area (Å²) in [7, 11) is 0. The van der Waals surface area contributed by atoms with Crippen molar-refractivity contribution in [1.29, 1.82) is 0 Å². The molecule has 0 aliphatic heterocycles. The maximum Gasteiger partial charge on any atom is 0.234 e. The Morgan fingerprint density at radius 3 is 2.65 bits per heavy atom. The summed E-state index contributed by atoms with van der Waals surface area (Å²) in [5.41, 5.74) is 2.56. The van der Waals surface area contributed by atoms with Crippen LogP contribution in [0.1, 0.15) is 11.3 Å². The molecule has 0 spiro atoms. The number of amides is 1. The molecular weight excluding hydrogens is 414 g/mol. The van der Waals surface area contributed by atoms with Crippen LogP contribution in [0.4, 0.5) is 5.69 Å². The molecule has 0 atom stereocenters. The van der Waals surface area contributed by atoms with Gasteiger partial charge < -0.3 is 20.3 Å². The number of nitrogens with zero attached hydrogens (tertiary/aromatic N) is 3. The number of nitrogen functional groups attached to an aromatic ring is 1. The van der Waals surface area contributed by atoms with Gasteiger partial charge in [0.25, 0.3) is 0 Å². The van der Waals surface area contributed by atoms with Gasteiger partial charge in [0.15, 0.2) is 5.82 Å². The zero-order chi connectivity index (χ0) is 21.8. The first-order valence-electron chi connectivity index (χ1n) is 9.52. The smallest absolute Gasteiger partial charge is 0.234 e. The lowest BCUT2D eigenvalue weighted by atomic mass is 10.2. The van der Waals surface area contributed by atoms with Gasteiger partial charge in [-0.2, -0.15) is 0 Å². The van der Waals surface area contributed by atoms with Crippen LogP contribution < -0.4 is 15.9 Å². The number of aromatic nitrogens is 3. The second-order valence-corrected chi connectivity index (χ2v) is 7.79. The molecule has 3 N–H and O–H groups in total. The first-order chi connectivity index (χ1) is 15.0. The van der Waals surface area contributed by atoms with E-state index >= 15 is 0 Å². The highest BCUT2D eigenvalue weighted by atomic mass is 32.2. The van der Waals surface area contributed by atoms with E-state index in [4.69, 9.17) is 15.0 Å². The maximum absolute atomic E-state index is 12.3. The Morgan fingerprint density at radius 2 is 1.94 bits per heavy atom. The molecule has 31 heavy (non-hydrogen) atoms. The topological polar surface area (TPSA) is 108 Å². The van der Waals surface area contributed by atoms with Gasteiger partial charge in [-0.15, -0.1) is 10.2 Å². The zero-order valence-electron chi connectivity index (χ0n) is 17.0. The highest BCUT2D eigenvalue weighted by Gasteiger charge is 2.16. The molecule has 8 nitrogen and oxygen atoms in total. The number of carbonyl (C=O) groups excluding carboxylic acids is 1. The predicted molar refractivity (Wildman–Crippen MR) is 120 cm³/mol. The number of rotatable bonds is 7. The van der Waals surface area contributed by atoms with Crippen molar-refractivity contribution < 1.29 is 13.9 Å². The highest BCUT2D eigenvalue weighted by Crippen LogP contribution is 2.26. The van der Waals surface area contributed by atoms with Crippen molar-refractivity contribution in [2.24, 2.45) is 0 Å². The Hall–Kier alpha value is -3.72. The Bertz CT molecular complexity index is 1200. The number of anilines is 1. The monoisotopic (exact) mass is 435 g/mol. The lowest BCUT2D eigenvalue weighted by Gasteiger charge is -2.08. The summed E-state index contributed by atoms with van der Waals surface area (Å²) in [5.74, 6) is 8.68. The first-order valence-corrected chi connectivity index (χ1v) is 10.5. The minimum atomic E-state index is -0.179. The molecule has 2 heterocycles. The number of ether oxygens (including phenoxy) is 1. The summed E-state index contributed by atoms with van der Waals surface area (Å²) in [5, 5.41) is 11.4. The molecule has 0 aliphatic rings. The molecule has 0 saturated carbocycles. The fourth-order valence-corrected chi connectivity index (χ4v) is 3.58. The number of hydrogen-bond acceptors (Lipinski definition) is 7. The molecule has 2 aromatic carbocycles. The van der Waals surface area contributed by atoms with Gasteiger partial charge in [0.1, 0.15) is 17.3 Å². The largest absolute Gasteiger partial charge is 0.469 e. The van der Waals surface area contributed by atoms with Gasteiger partial charge in [-0.25, -0.2) is 4.68 Å². The number of thioether (sulfide) groups is 1. The van der Waals surface area contributed by atoms with Crippen molar-refractivity contribution in [3.05, 3.63) is 72.2 Å². The number of nitrogens with two attached hydrogens (primary N) is 1. The van der Waals surface area contributed by atoms with Crippen molar-refractivity contribution in [2.75, 3.05) is 16.9 Å². The fraction of sp³-hybridized carbons (Fsp3) is 0.136. The lowest BCUT2D eigenvalue weighted by Crippen LogP contribution is -2.16. The number of benzene rings is 2. The third-order valence-corrected chi connectivity index (χ3v) is 5.40. The molecule has 0 unspecified atom stereocenters. The highest BCUT2D eigenvalue weighted by molar-refractivity contribution is 7.99. The number of furan rings is 1. The van der Waals surface area contributed by atoms with Crippen molar-refractivity contribution in [1.82, 2.24) is 14.9 Å². The quantitative estimate of drug-likeness (QED) is 0.327. The Kier molecular flexibility index (Phi) is 5.94. The van der Waals surface area contributed by atoms with Crippen LogP contribution in [0.15, 0.2) is 70.4 Å². The summed E-state index contributed by atoms with van der Waals surface area (Å²) in [6.45, 7) is 3.83. The SMILES string of the molecule is Cc1cccc(Oc2ccc(NC(=O)CSc3nnc(-c4ccoc4C)n3N)cc2)c1. The average Bonchev–Trinajstić information content (AvgIpc) is 3.33. The normalized spacial score (nSPS) is 10.8. The molecule has 4 rings (SSSR count). The van der Waals surface area contributed by atoms with Crippen molar-refractivity contribution in [3.63, 3.8) is 0 Å². The Balaban J connectivity index is 1.32. The van der Waals surface area contributed by atoms with E-state index in [0.717, 1.165) is 16.9 Å². The Labute approximate surface area is 183 Å². The average molecular weight is 436 g/mol. The van der Waals surface area contributed by atoms with E-state index < -0.39 is 0 Å². The van der Waals surface area contributed by atoms with Crippen molar-refractivity contribution >= 4 is 23.4 Å². The summed E-state index contributed by atoms with van der Waals surface area (Å²) in [6, 6.07) is 16.8. The first kappa shape index (κ1) is 20.5. The van der Waals surface area contributed by atoms with E-state index in [1.165, 1.54) is 16.4 Å². The summed E-state index contributed by atoms with van der Waals surface area (Å²) in [4.78, 5) is 12.3. The van der Waals surface area contributed by atoms with E-state index in [2.05, 4.69) is 15.5 Å². The molecule has 1 amide bonds. The van der Waals surface area contributed by atoms with Crippen LogP contribution in [0.5, 0.6) is 11.5 Å². The molecule has 4 aromatic rings. The third-order valence-electron chi connectivity index (χ3n) is 4.46. The number of aryl methyl sites for hydroxylation is 2. The number of carbonyl (C=O) groups is 1. The van der Waals surface area contributed by atoms with Gasteiger partial charge in [-0.3, -0.25) is 4.79 Å². The molecular formula is C22H21N5O3S. The van der Waals surface area contributed by atoms with Crippen LogP contribution in [0.3, 0.4) is 0 Å². The third kappa shape index (κ3) is 4.89. The van der Waals surface area contributed by atoms with E-state index in [1.54, 1.807) is 36.6 Å². The van der Waals surface area contributed by atoms with Crippen LogP contribution >= 0.6 is 11.8 Å². The van der Waals surface area contributed by atoms with Gasteiger partial charge in [0, 0.05) is 5.69 Å².